The minimum Gasteiger partial charge on any atom is -0.338 e. The van der Waals surface area contributed by atoms with Crippen LogP contribution in [0, 0.1) is 6.92 Å². The van der Waals surface area contributed by atoms with E-state index in [1.807, 2.05) is 13.0 Å². The van der Waals surface area contributed by atoms with Crippen LogP contribution < -0.4 is 0 Å². The standard InChI is InChI=1S/C19H25FN4OS/c1-13-11-15(22-21-13)12-24-8-2-3-16(24)17-4-5-18(26-17)19(25)23-9-6-14(20)7-10-23/h4-5,11,14,16H,2-3,6-10,12H2,1H3,(H,21,22)/t16-/m0/s1. The van der Waals surface area contributed by atoms with E-state index in [-0.39, 0.29) is 5.91 Å². The largest absolute Gasteiger partial charge is 0.338 e. The van der Waals surface area contributed by atoms with Gasteiger partial charge in [0.05, 0.1) is 10.6 Å². The average molecular weight is 377 g/mol. The van der Waals surface area contributed by atoms with E-state index in [2.05, 4.69) is 27.2 Å². The van der Waals surface area contributed by atoms with E-state index < -0.39 is 6.17 Å². The minimum absolute atomic E-state index is 0.0561. The number of aromatic nitrogens is 2. The molecule has 2 saturated heterocycles. The summed E-state index contributed by atoms with van der Waals surface area (Å²) in [5, 5.41) is 7.36. The summed E-state index contributed by atoms with van der Waals surface area (Å²) in [5.74, 6) is 0.0561. The zero-order chi connectivity index (χ0) is 18.1. The number of alkyl halides is 1. The highest BCUT2D eigenvalue weighted by Gasteiger charge is 2.29. The molecule has 1 atom stereocenters. The van der Waals surface area contributed by atoms with Crippen molar-refractivity contribution in [3.8, 4) is 0 Å². The van der Waals surface area contributed by atoms with Crippen LogP contribution in [0.3, 0.4) is 0 Å². The Morgan fingerprint density at radius 3 is 2.85 bits per heavy atom. The van der Waals surface area contributed by atoms with Gasteiger partial charge in [0, 0.05) is 36.2 Å². The number of hydrogen-bond acceptors (Lipinski definition) is 4. The molecule has 4 rings (SSSR count). The number of aryl methyl sites for hydroxylation is 1. The van der Waals surface area contributed by atoms with Crippen molar-refractivity contribution >= 4 is 17.2 Å². The molecule has 2 aromatic heterocycles. The summed E-state index contributed by atoms with van der Waals surface area (Å²) in [7, 11) is 0. The van der Waals surface area contributed by atoms with Crippen LogP contribution in [-0.4, -0.2) is 51.7 Å². The summed E-state index contributed by atoms with van der Waals surface area (Å²) in [6.07, 6.45) is 2.45. The van der Waals surface area contributed by atoms with Gasteiger partial charge in [-0.15, -0.1) is 11.3 Å². The number of likely N-dealkylation sites (tertiary alicyclic amines) is 2. The lowest BCUT2D eigenvalue weighted by molar-refractivity contribution is 0.0672. The normalized spacial score (nSPS) is 22.2. The highest BCUT2D eigenvalue weighted by molar-refractivity contribution is 7.14. The number of piperidine rings is 1. The topological polar surface area (TPSA) is 52.2 Å². The molecule has 140 valence electrons. The van der Waals surface area contributed by atoms with Crippen LogP contribution in [0.5, 0.6) is 0 Å². The Balaban J connectivity index is 1.44. The molecule has 26 heavy (non-hydrogen) atoms. The maximum atomic E-state index is 13.3. The van der Waals surface area contributed by atoms with Gasteiger partial charge >= 0.3 is 0 Å². The lowest BCUT2D eigenvalue weighted by Gasteiger charge is -2.28. The average Bonchev–Trinajstić information content (AvgIpc) is 3.36. The van der Waals surface area contributed by atoms with Crippen molar-refractivity contribution in [2.75, 3.05) is 19.6 Å². The van der Waals surface area contributed by atoms with E-state index in [1.165, 1.54) is 11.3 Å². The maximum absolute atomic E-state index is 13.3. The smallest absolute Gasteiger partial charge is 0.263 e. The fourth-order valence-electron chi connectivity index (χ4n) is 3.95. The molecule has 0 radical (unpaired) electrons. The monoisotopic (exact) mass is 376 g/mol. The Morgan fingerprint density at radius 1 is 1.31 bits per heavy atom. The summed E-state index contributed by atoms with van der Waals surface area (Å²) >= 11 is 1.60. The van der Waals surface area contributed by atoms with E-state index >= 15 is 0 Å². The van der Waals surface area contributed by atoms with Crippen LogP contribution in [-0.2, 0) is 6.54 Å². The van der Waals surface area contributed by atoms with E-state index in [4.69, 9.17) is 0 Å². The highest BCUT2D eigenvalue weighted by atomic mass is 32.1. The van der Waals surface area contributed by atoms with Crippen molar-refractivity contribution in [3.05, 3.63) is 39.3 Å². The molecule has 2 aliphatic rings. The molecule has 2 aliphatic heterocycles. The predicted molar refractivity (Wildman–Crippen MR) is 100 cm³/mol. The van der Waals surface area contributed by atoms with E-state index in [9.17, 15) is 9.18 Å². The third kappa shape index (κ3) is 3.69. The SMILES string of the molecule is Cc1cc(CN2CCC[C@H]2c2ccc(C(=O)N3CCC(F)CC3)s2)n[nH]1. The van der Waals surface area contributed by atoms with Crippen molar-refractivity contribution < 1.29 is 9.18 Å². The Labute approximate surface area is 157 Å². The molecule has 0 saturated carbocycles. The van der Waals surface area contributed by atoms with Gasteiger partial charge in [0.15, 0.2) is 0 Å². The van der Waals surface area contributed by atoms with Crippen molar-refractivity contribution in [1.29, 1.82) is 0 Å². The fourth-order valence-corrected chi connectivity index (χ4v) is 5.10. The lowest BCUT2D eigenvalue weighted by atomic mass is 10.1. The first-order valence-corrected chi connectivity index (χ1v) is 10.2. The summed E-state index contributed by atoms with van der Waals surface area (Å²) in [5.41, 5.74) is 2.15. The third-order valence-electron chi connectivity index (χ3n) is 5.37. The molecule has 7 heteroatoms. The van der Waals surface area contributed by atoms with E-state index in [0.717, 1.165) is 35.8 Å². The molecular weight excluding hydrogens is 351 g/mol. The number of nitrogens with zero attached hydrogens (tertiary/aromatic N) is 3. The van der Waals surface area contributed by atoms with Gasteiger partial charge in [-0.05, 0) is 57.4 Å². The van der Waals surface area contributed by atoms with E-state index in [1.54, 1.807) is 16.2 Å². The lowest BCUT2D eigenvalue weighted by Crippen LogP contribution is -2.38. The number of carbonyl (C=O) groups is 1. The number of carbonyl (C=O) groups excluding carboxylic acids is 1. The van der Waals surface area contributed by atoms with Crippen molar-refractivity contribution in [1.82, 2.24) is 20.0 Å². The van der Waals surface area contributed by atoms with Crippen LogP contribution >= 0.6 is 11.3 Å². The number of nitrogens with one attached hydrogen (secondary N) is 1. The van der Waals surface area contributed by atoms with Crippen LogP contribution in [0.2, 0.25) is 0 Å². The van der Waals surface area contributed by atoms with Gasteiger partial charge in [0.1, 0.15) is 6.17 Å². The number of thiophene rings is 1. The number of rotatable bonds is 4. The number of aromatic amines is 1. The fraction of sp³-hybridized carbons (Fsp3) is 0.579. The molecule has 0 aliphatic carbocycles. The van der Waals surface area contributed by atoms with Gasteiger partial charge in [-0.25, -0.2) is 4.39 Å². The van der Waals surface area contributed by atoms with Crippen molar-refractivity contribution in [2.24, 2.45) is 0 Å². The first-order chi connectivity index (χ1) is 12.6. The van der Waals surface area contributed by atoms with Gasteiger partial charge < -0.3 is 4.90 Å². The highest BCUT2D eigenvalue weighted by Crippen LogP contribution is 2.37. The Kier molecular flexibility index (Phi) is 5.09. The second-order valence-corrected chi connectivity index (χ2v) is 8.45. The quantitative estimate of drug-likeness (QED) is 0.885. The van der Waals surface area contributed by atoms with Crippen LogP contribution in [0.1, 0.15) is 57.7 Å². The first-order valence-electron chi connectivity index (χ1n) is 9.38. The summed E-state index contributed by atoms with van der Waals surface area (Å²) in [4.78, 5) is 19.0. The molecule has 0 spiro atoms. The van der Waals surface area contributed by atoms with Crippen LogP contribution in [0.25, 0.3) is 0 Å². The molecule has 0 bridgehead atoms. The molecule has 4 heterocycles. The number of halogens is 1. The third-order valence-corrected chi connectivity index (χ3v) is 6.54. The molecular formula is C19H25FN4OS. The molecule has 2 fully saturated rings. The molecule has 2 aromatic rings. The van der Waals surface area contributed by atoms with Crippen molar-refractivity contribution in [2.45, 2.75) is 51.4 Å². The van der Waals surface area contributed by atoms with Gasteiger partial charge in [0.2, 0.25) is 0 Å². The molecule has 0 aromatic carbocycles. The second-order valence-electron chi connectivity index (χ2n) is 7.34. The van der Waals surface area contributed by atoms with Crippen LogP contribution in [0.4, 0.5) is 4.39 Å². The molecule has 0 unspecified atom stereocenters. The molecule has 1 amide bonds. The van der Waals surface area contributed by atoms with E-state index in [0.29, 0.717) is 32.0 Å². The summed E-state index contributed by atoms with van der Waals surface area (Å²) in [6.45, 7) is 4.96. The van der Waals surface area contributed by atoms with Crippen LogP contribution in [0.15, 0.2) is 18.2 Å². The predicted octanol–water partition coefficient (Wildman–Crippen LogP) is 3.69. The number of amides is 1. The zero-order valence-electron chi connectivity index (χ0n) is 15.1. The Morgan fingerprint density at radius 2 is 2.12 bits per heavy atom. The Hall–Kier alpha value is -1.73. The summed E-state index contributed by atoms with van der Waals surface area (Å²) < 4.78 is 13.3. The van der Waals surface area contributed by atoms with Gasteiger partial charge in [-0.2, -0.15) is 5.10 Å². The van der Waals surface area contributed by atoms with Crippen molar-refractivity contribution in [3.63, 3.8) is 0 Å². The van der Waals surface area contributed by atoms with Gasteiger partial charge in [-0.1, -0.05) is 0 Å². The Bertz CT molecular complexity index is 765. The first kappa shape index (κ1) is 17.7. The number of H-pyrrole nitrogens is 1. The second kappa shape index (κ2) is 7.48. The summed E-state index contributed by atoms with van der Waals surface area (Å²) in [6, 6.07) is 6.49. The zero-order valence-corrected chi connectivity index (χ0v) is 15.9. The molecule has 1 N–H and O–H groups in total. The maximum Gasteiger partial charge on any atom is 0.263 e. The van der Waals surface area contributed by atoms with Gasteiger partial charge in [0.25, 0.3) is 5.91 Å². The van der Waals surface area contributed by atoms with Gasteiger partial charge in [-0.3, -0.25) is 14.8 Å². The minimum atomic E-state index is -0.754. The number of hydrogen-bond donors (Lipinski definition) is 1. The molecule has 5 nitrogen and oxygen atoms in total.